The van der Waals surface area contributed by atoms with Gasteiger partial charge in [-0.25, -0.2) is 13.6 Å². The SMILES string of the molecule is Cc1cc(NC(=O)c2cc(NC(=O)N3CCC(O)CC3)c(F)cc2Br)ccc1F. The summed E-state index contributed by atoms with van der Waals surface area (Å²) in [5.74, 6) is -1.63. The van der Waals surface area contributed by atoms with E-state index >= 15 is 0 Å². The van der Waals surface area contributed by atoms with Gasteiger partial charge in [0.25, 0.3) is 5.91 Å². The average molecular weight is 468 g/mol. The molecule has 29 heavy (non-hydrogen) atoms. The van der Waals surface area contributed by atoms with Crippen LogP contribution in [0.25, 0.3) is 0 Å². The predicted octanol–water partition coefficient (Wildman–Crippen LogP) is 4.28. The molecular formula is C20H20BrF2N3O3. The fraction of sp³-hybridized carbons (Fsp3) is 0.300. The summed E-state index contributed by atoms with van der Waals surface area (Å²) in [4.78, 5) is 26.5. The molecule has 0 saturated carbocycles. The zero-order valence-electron chi connectivity index (χ0n) is 15.6. The molecule has 0 aromatic heterocycles. The van der Waals surface area contributed by atoms with Crippen molar-refractivity contribution in [2.24, 2.45) is 0 Å². The second kappa shape index (κ2) is 8.87. The molecule has 1 aliphatic rings. The molecule has 3 N–H and O–H groups in total. The van der Waals surface area contributed by atoms with Gasteiger partial charge in [0.2, 0.25) is 0 Å². The first-order chi connectivity index (χ1) is 13.7. The summed E-state index contributed by atoms with van der Waals surface area (Å²) in [7, 11) is 0. The number of rotatable bonds is 3. The molecule has 6 nitrogen and oxygen atoms in total. The zero-order chi connectivity index (χ0) is 21.1. The van der Waals surface area contributed by atoms with Crippen LogP contribution in [-0.4, -0.2) is 41.1 Å². The first-order valence-corrected chi connectivity index (χ1v) is 9.84. The lowest BCUT2D eigenvalue weighted by molar-refractivity contribution is 0.0970. The van der Waals surface area contributed by atoms with Crippen LogP contribution in [0, 0.1) is 18.6 Å². The molecule has 1 saturated heterocycles. The van der Waals surface area contributed by atoms with Crippen LogP contribution in [0.15, 0.2) is 34.8 Å². The third-order valence-corrected chi connectivity index (χ3v) is 5.37. The number of halogens is 3. The highest BCUT2D eigenvalue weighted by atomic mass is 79.9. The van der Waals surface area contributed by atoms with Crippen molar-refractivity contribution in [3.05, 3.63) is 57.6 Å². The number of piperidine rings is 1. The van der Waals surface area contributed by atoms with Gasteiger partial charge >= 0.3 is 6.03 Å². The summed E-state index contributed by atoms with van der Waals surface area (Å²) in [6.45, 7) is 2.30. The number of aliphatic hydroxyl groups excluding tert-OH is 1. The molecule has 9 heteroatoms. The number of carbonyl (C=O) groups excluding carboxylic acids is 2. The topological polar surface area (TPSA) is 81.7 Å². The lowest BCUT2D eigenvalue weighted by Crippen LogP contribution is -2.42. The van der Waals surface area contributed by atoms with Crippen molar-refractivity contribution in [1.82, 2.24) is 4.90 Å². The van der Waals surface area contributed by atoms with Gasteiger partial charge in [0, 0.05) is 23.2 Å². The minimum absolute atomic E-state index is 0.109. The number of anilines is 2. The number of aliphatic hydroxyl groups is 1. The molecule has 3 rings (SSSR count). The maximum absolute atomic E-state index is 14.3. The van der Waals surface area contributed by atoms with Gasteiger partial charge < -0.3 is 20.6 Å². The predicted molar refractivity (Wildman–Crippen MR) is 109 cm³/mol. The number of benzene rings is 2. The molecule has 0 aliphatic carbocycles. The molecular weight excluding hydrogens is 448 g/mol. The van der Waals surface area contributed by atoms with E-state index in [0.717, 1.165) is 6.07 Å². The number of nitrogens with one attached hydrogen (secondary N) is 2. The summed E-state index contributed by atoms with van der Waals surface area (Å²) in [5.41, 5.74) is 0.741. The van der Waals surface area contributed by atoms with E-state index in [-0.39, 0.29) is 21.5 Å². The summed E-state index contributed by atoms with van der Waals surface area (Å²) < 4.78 is 27.9. The van der Waals surface area contributed by atoms with E-state index in [0.29, 0.717) is 37.2 Å². The number of carbonyl (C=O) groups is 2. The minimum Gasteiger partial charge on any atom is -0.393 e. The molecule has 1 fully saturated rings. The molecule has 0 unspecified atom stereocenters. The van der Waals surface area contributed by atoms with E-state index in [2.05, 4.69) is 26.6 Å². The number of aryl methyl sites for hydroxylation is 1. The average Bonchev–Trinajstić information content (AvgIpc) is 2.67. The van der Waals surface area contributed by atoms with Gasteiger partial charge in [0.15, 0.2) is 0 Å². The van der Waals surface area contributed by atoms with Crippen molar-refractivity contribution in [3.8, 4) is 0 Å². The Bertz CT molecular complexity index is 947. The monoisotopic (exact) mass is 467 g/mol. The van der Waals surface area contributed by atoms with Crippen LogP contribution < -0.4 is 10.6 Å². The fourth-order valence-corrected chi connectivity index (χ4v) is 3.50. The van der Waals surface area contributed by atoms with Crippen LogP contribution in [0.3, 0.4) is 0 Å². The van der Waals surface area contributed by atoms with Crippen molar-refractivity contribution in [1.29, 1.82) is 0 Å². The summed E-state index contributed by atoms with van der Waals surface area (Å²) in [6.07, 6.45) is 0.482. The quantitative estimate of drug-likeness (QED) is 0.629. The van der Waals surface area contributed by atoms with Crippen LogP contribution in [0.1, 0.15) is 28.8 Å². The van der Waals surface area contributed by atoms with E-state index in [9.17, 15) is 23.5 Å². The Balaban J connectivity index is 1.76. The van der Waals surface area contributed by atoms with Crippen LogP contribution >= 0.6 is 15.9 Å². The number of likely N-dealkylation sites (tertiary alicyclic amines) is 1. The Morgan fingerprint density at radius 2 is 1.79 bits per heavy atom. The van der Waals surface area contributed by atoms with Crippen molar-refractivity contribution in [2.45, 2.75) is 25.9 Å². The van der Waals surface area contributed by atoms with Gasteiger partial charge in [0.05, 0.1) is 17.4 Å². The van der Waals surface area contributed by atoms with Gasteiger partial charge in [0.1, 0.15) is 11.6 Å². The lowest BCUT2D eigenvalue weighted by Gasteiger charge is -2.29. The zero-order valence-corrected chi connectivity index (χ0v) is 17.2. The fourth-order valence-electron chi connectivity index (χ4n) is 3.00. The van der Waals surface area contributed by atoms with E-state index in [1.54, 1.807) is 6.92 Å². The Morgan fingerprint density at radius 1 is 1.10 bits per heavy atom. The van der Waals surface area contributed by atoms with E-state index < -0.39 is 23.9 Å². The normalized spacial score (nSPS) is 14.6. The molecule has 1 heterocycles. The molecule has 154 valence electrons. The summed E-state index contributed by atoms with van der Waals surface area (Å²) in [6, 6.07) is 5.98. The summed E-state index contributed by atoms with van der Waals surface area (Å²) in [5, 5.41) is 14.6. The van der Waals surface area contributed by atoms with Crippen molar-refractivity contribution >= 4 is 39.2 Å². The van der Waals surface area contributed by atoms with E-state index in [4.69, 9.17) is 0 Å². The molecule has 0 radical (unpaired) electrons. The van der Waals surface area contributed by atoms with Gasteiger partial charge in [-0.2, -0.15) is 0 Å². The van der Waals surface area contributed by atoms with Gasteiger partial charge in [-0.05, 0) is 71.6 Å². The molecule has 0 bridgehead atoms. The number of nitrogens with zero attached hydrogens (tertiary/aromatic N) is 1. The highest BCUT2D eigenvalue weighted by Gasteiger charge is 2.23. The standard InChI is InChI=1S/C20H20BrF2N3O3/c1-11-8-12(2-3-16(11)22)24-19(28)14-9-18(17(23)10-15(14)21)25-20(29)26-6-4-13(27)5-7-26/h2-3,8-10,13,27H,4-7H2,1H3,(H,24,28)(H,25,29). The molecule has 0 spiro atoms. The number of urea groups is 1. The largest absolute Gasteiger partial charge is 0.393 e. The highest BCUT2D eigenvalue weighted by Crippen LogP contribution is 2.26. The molecule has 2 aromatic rings. The van der Waals surface area contributed by atoms with Crippen molar-refractivity contribution in [2.75, 3.05) is 23.7 Å². The van der Waals surface area contributed by atoms with Crippen LogP contribution in [-0.2, 0) is 0 Å². The Morgan fingerprint density at radius 3 is 2.45 bits per heavy atom. The van der Waals surface area contributed by atoms with Crippen LogP contribution in [0.4, 0.5) is 25.0 Å². The number of hydrogen-bond donors (Lipinski definition) is 3. The lowest BCUT2D eigenvalue weighted by atomic mass is 10.1. The summed E-state index contributed by atoms with van der Waals surface area (Å²) >= 11 is 3.16. The Hall–Kier alpha value is -2.52. The van der Waals surface area contributed by atoms with Gasteiger partial charge in [-0.15, -0.1) is 0 Å². The third-order valence-electron chi connectivity index (χ3n) is 4.71. The first kappa shape index (κ1) is 21.2. The van der Waals surface area contributed by atoms with E-state index in [1.807, 2.05) is 0 Å². The second-order valence-electron chi connectivity index (χ2n) is 6.88. The number of amides is 3. The van der Waals surface area contributed by atoms with Gasteiger partial charge in [-0.1, -0.05) is 0 Å². The molecule has 0 atom stereocenters. The maximum atomic E-state index is 14.3. The van der Waals surface area contributed by atoms with Crippen LogP contribution in [0.5, 0.6) is 0 Å². The Labute approximate surface area is 175 Å². The van der Waals surface area contributed by atoms with Crippen LogP contribution in [0.2, 0.25) is 0 Å². The molecule has 1 aliphatic heterocycles. The maximum Gasteiger partial charge on any atom is 0.321 e. The highest BCUT2D eigenvalue weighted by molar-refractivity contribution is 9.10. The molecule has 2 aromatic carbocycles. The first-order valence-electron chi connectivity index (χ1n) is 9.05. The van der Waals surface area contributed by atoms with Gasteiger partial charge in [-0.3, -0.25) is 4.79 Å². The van der Waals surface area contributed by atoms with Crippen molar-refractivity contribution in [3.63, 3.8) is 0 Å². The Kier molecular flexibility index (Phi) is 6.49. The minimum atomic E-state index is -0.698. The smallest absolute Gasteiger partial charge is 0.321 e. The third kappa shape index (κ3) is 5.10. The van der Waals surface area contributed by atoms with E-state index in [1.165, 1.54) is 29.2 Å². The van der Waals surface area contributed by atoms with Crippen molar-refractivity contribution < 1.29 is 23.5 Å². The molecule has 3 amide bonds. The second-order valence-corrected chi connectivity index (χ2v) is 7.73. The number of hydrogen-bond acceptors (Lipinski definition) is 3.